The highest BCUT2D eigenvalue weighted by molar-refractivity contribution is 5.95. The van der Waals surface area contributed by atoms with Crippen LogP contribution in [0.4, 0.5) is 0 Å². The van der Waals surface area contributed by atoms with E-state index in [1.54, 1.807) is 10.9 Å². The van der Waals surface area contributed by atoms with Crippen LogP contribution in [-0.4, -0.2) is 15.6 Å². The molecule has 0 N–H and O–H groups in total. The molecule has 1 aromatic carbocycles. The van der Waals surface area contributed by atoms with Crippen LogP contribution in [-0.2, 0) is 0 Å². The van der Waals surface area contributed by atoms with Gasteiger partial charge in [-0.2, -0.15) is 5.10 Å². The maximum Gasteiger partial charge on any atom is 0.181 e. The molecule has 1 saturated carbocycles. The molecular weight excluding hydrogens is 236 g/mol. The van der Waals surface area contributed by atoms with Crippen LogP contribution >= 0.6 is 0 Å². The topological polar surface area (TPSA) is 34.9 Å². The lowest BCUT2D eigenvalue weighted by atomic mass is 9.99. The van der Waals surface area contributed by atoms with Gasteiger partial charge in [0.05, 0.1) is 11.9 Å². The smallest absolute Gasteiger partial charge is 0.181 e. The van der Waals surface area contributed by atoms with Crippen LogP contribution in [0.25, 0.3) is 5.69 Å². The summed E-state index contributed by atoms with van der Waals surface area (Å²) in [6.45, 7) is 0. The third kappa shape index (κ3) is 2.60. The van der Waals surface area contributed by atoms with Gasteiger partial charge in [0.15, 0.2) is 5.78 Å². The predicted octanol–water partition coefficient (Wildman–Crippen LogP) is 3.64. The zero-order chi connectivity index (χ0) is 13.1. The number of ketones is 1. The molecule has 0 unspecified atom stereocenters. The van der Waals surface area contributed by atoms with Crippen LogP contribution in [0.15, 0.2) is 42.6 Å². The molecule has 3 nitrogen and oxygen atoms in total. The molecule has 3 rings (SSSR count). The summed E-state index contributed by atoms with van der Waals surface area (Å²) in [6.07, 6.45) is 7.32. The maximum atomic E-state index is 12.4. The molecule has 1 aliphatic carbocycles. The van der Waals surface area contributed by atoms with Crippen molar-refractivity contribution in [3.63, 3.8) is 0 Å². The number of nitrogens with zero attached hydrogens (tertiary/aromatic N) is 2. The zero-order valence-corrected chi connectivity index (χ0v) is 11.0. The molecule has 0 bridgehead atoms. The molecular formula is C16H18N2O. The molecule has 1 fully saturated rings. The molecule has 1 aliphatic rings. The van der Waals surface area contributed by atoms with E-state index in [1.807, 2.05) is 36.4 Å². The van der Waals surface area contributed by atoms with Crippen LogP contribution in [0.3, 0.4) is 0 Å². The van der Waals surface area contributed by atoms with E-state index in [-0.39, 0.29) is 5.78 Å². The van der Waals surface area contributed by atoms with Gasteiger partial charge in [0, 0.05) is 6.42 Å². The fourth-order valence-corrected chi connectivity index (χ4v) is 2.87. The van der Waals surface area contributed by atoms with Gasteiger partial charge in [-0.25, -0.2) is 4.68 Å². The zero-order valence-electron chi connectivity index (χ0n) is 11.0. The molecule has 0 amide bonds. The third-order valence-corrected chi connectivity index (χ3v) is 3.88. The van der Waals surface area contributed by atoms with E-state index in [0.717, 1.165) is 5.69 Å². The van der Waals surface area contributed by atoms with Crippen LogP contribution in [0.5, 0.6) is 0 Å². The van der Waals surface area contributed by atoms with Gasteiger partial charge in [-0.05, 0) is 24.1 Å². The van der Waals surface area contributed by atoms with Crippen molar-refractivity contribution in [2.24, 2.45) is 5.92 Å². The number of aromatic nitrogens is 2. The second-order valence-electron chi connectivity index (χ2n) is 5.24. The van der Waals surface area contributed by atoms with Gasteiger partial charge < -0.3 is 0 Å². The van der Waals surface area contributed by atoms with Crippen molar-refractivity contribution in [3.05, 3.63) is 48.3 Å². The fourth-order valence-electron chi connectivity index (χ4n) is 2.87. The molecule has 98 valence electrons. The summed E-state index contributed by atoms with van der Waals surface area (Å²) in [5, 5.41) is 4.28. The second kappa shape index (κ2) is 5.39. The summed E-state index contributed by atoms with van der Waals surface area (Å²) in [5.41, 5.74) is 1.65. The van der Waals surface area contributed by atoms with Crippen molar-refractivity contribution in [1.29, 1.82) is 0 Å². The van der Waals surface area contributed by atoms with Crippen molar-refractivity contribution < 1.29 is 4.79 Å². The Bertz CT molecular complexity index is 553. The molecule has 1 aromatic heterocycles. The highest BCUT2D eigenvalue weighted by atomic mass is 16.1. The van der Waals surface area contributed by atoms with Crippen LogP contribution < -0.4 is 0 Å². The maximum absolute atomic E-state index is 12.4. The average Bonchev–Trinajstić information content (AvgIpc) is 3.10. The SMILES string of the molecule is O=C(CC1CCCC1)c1ccnn1-c1ccccc1. The number of carbonyl (C=O) groups is 1. The number of rotatable bonds is 4. The Balaban J connectivity index is 1.81. The van der Waals surface area contributed by atoms with Gasteiger partial charge in [0.2, 0.25) is 0 Å². The third-order valence-electron chi connectivity index (χ3n) is 3.88. The molecule has 1 heterocycles. The Hall–Kier alpha value is -1.90. The largest absolute Gasteiger partial charge is 0.292 e. The van der Waals surface area contributed by atoms with Crippen molar-refractivity contribution in [2.45, 2.75) is 32.1 Å². The molecule has 0 spiro atoms. The minimum atomic E-state index is 0.216. The van der Waals surface area contributed by atoms with Gasteiger partial charge in [0.25, 0.3) is 0 Å². The Morgan fingerprint density at radius 3 is 2.63 bits per heavy atom. The molecule has 0 atom stereocenters. The number of carbonyl (C=O) groups excluding carboxylic acids is 1. The van der Waals surface area contributed by atoms with Crippen molar-refractivity contribution in [1.82, 2.24) is 9.78 Å². The van der Waals surface area contributed by atoms with E-state index in [9.17, 15) is 4.79 Å². The van der Waals surface area contributed by atoms with Gasteiger partial charge in [0.1, 0.15) is 5.69 Å². The summed E-state index contributed by atoms with van der Waals surface area (Å²) in [4.78, 5) is 12.4. The summed E-state index contributed by atoms with van der Waals surface area (Å²) in [5.74, 6) is 0.792. The van der Waals surface area contributed by atoms with Gasteiger partial charge >= 0.3 is 0 Å². The Kier molecular flexibility index (Phi) is 3.45. The fraction of sp³-hybridized carbons (Fsp3) is 0.375. The number of para-hydroxylation sites is 1. The lowest BCUT2D eigenvalue weighted by molar-refractivity contribution is 0.0954. The highest BCUT2D eigenvalue weighted by Crippen LogP contribution is 2.28. The van der Waals surface area contributed by atoms with Crippen molar-refractivity contribution >= 4 is 5.78 Å². The predicted molar refractivity (Wildman–Crippen MR) is 74.5 cm³/mol. The first-order chi connectivity index (χ1) is 9.34. The normalized spacial score (nSPS) is 15.8. The molecule has 19 heavy (non-hydrogen) atoms. The molecule has 0 saturated heterocycles. The highest BCUT2D eigenvalue weighted by Gasteiger charge is 2.21. The summed E-state index contributed by atoms with van der Waals surface area (Å²) in [6, 6.07) is 11.7. The average molecular weight is 254 g/mol. The second-order valence-corrected chi connectivity index (χ2v) is 5.24. The molecule has 0 radical (unpaired) electrons. The molecule has 0 aliphatic heterocycles. The van der Waals surface area contributed by atoms with Crippen LogP contribution in [0, 0.1) is 5.92 Å². The standard InChI is InChI=1S/C16H18N2O/c19-16(12-13-6-4-5-7-13)15-10-11-17-18(15)14-8-2-1-3-9-14/h1-3,8-11,13H,4-7,12H2. The minimum absolute atomic E-state index is 0.216. The number of benzene rings is 1. The van der Waals surface area contributed by atoms with Gasteiger partial charge in [-0.3, -0.25) is 4.79 Å². The van der Waals surface area contributed by atoms with E-state index in [1.165, 1.54) is 25.7 Å². The van der Waals surface area contributed by atoms with Gasteiger partial charge in [-0.15, -0.1) is 0 Å². The van der Waals surface area contributed by atoms with Gasteiger partial charge in [-0.1, -0.05) is 43.9 Å². The van der Waals surface area contributed by atoms with Crippen LogP contribution in [0.1, 0.15) is 42.6 Å². The first-order valence-corrected chi connectivity index (χ1v) is 6.97. The van der Waals surface area contributed by atoms with Crippen LogP contribution in [0.2, 0.25) is 0 Å². The molecule has 2 aromatic rings. The Morgan fingerprint density at radius 1 is 1.16 bits per heavy atom. The molecule has 3 heteroatoms. The number of hydrogen-bond acceptors (Lipinski definition) is 2. The Labute approximate surface area is 113 Å². The first-order valence-electron chi connectivity index (χ1n) is 6.97. The lowest BCUT2D eigenvalue weighted by Gasteiger charge is -2.09. The first kappa shape index (κ1) is 12.2. The monoisotopic (exact) mass is 254 g/mol. The van der Waals surface area contributed by atoms with E-state index >= 15 is 0 Å². The summed E-state index contributed by atoms with van der Waals surface area (Å²) >= 11 is 0. The number of Topliss-reactive ketones (excluding diaryl/α,β-unsaturated/α-hetero) is 1. The Morgan fingerprint density at radius 2 is 1.89 bits per heavy atom. The van der Waals surface area contributed by atoms with E-state index in [2.05, 4.69) is 5.10 Å². The quantitative estimate of drug-likeness (QED) is 0.781. The van der Waals surface area contributed by atoms with Crippen molar-refractivity contribution in [3.8, 4) is 5.69 Å². The minimum Gasteiger partial charge on any atom is -0.292 e. The lowest BCUT2D eigenvalue weighted by Crippen LogP contribution is -2.12. The van der Waals surface area contributed by atoms with E-state index in [0.29, 0.717) is 18.0 Å². The summed E-state index contributed by atoms with van der Waals surface area (Å²) < 4.78 is 1.75. The summed E-state index contributed by atoms with van der Waals surface area (Å²) in [7, 11) is 0. The van der Waals surface area contributed by atoms with E-state index < -0.39 is 0 Å². The van der Waals surface area contributed by atoms with E-state index in [4.69, 9.17) is 0 Å². The van der Waals surface area contributed by atoms with Crippen molar-refractivity contribution in [2.75, 3.05) is 0 Å². The number of hydrogen-bond donors (Lipinski definition) is 0.